The smallest absolute Gasteiger partial charge is 0.320 e. The summed E-state index contributed by atoms with van der Waals surface area (Å²) in [5.41, 5.74) is 0.837. The van der Waals surface area contributed by atoms with Gasteiger partial charge >= 0.3 is 6.18 Å². The third kappa shape index (κ3) is 3.19. The summed E-state index contributed by atoms with van der Waals surface area (Å²) in [6.07, 6.45) is -3.76. The molecular weight excluding hydrogens is 355 g/mol. The second-order valence-electron chi connectivity index (χ2n) is 5.58. The topological polar surface area (TPSA) is 46.4 Å². The number of nitrogens with zero attached hydrogens (tertiary/aromatic N) is 2. The van der Waals surface area contributed by atoms with Crippen molar-refractivity contribution in [3.05, 3.63) is 64.1 Å². The number of anilines is 1. The molecule has 0 bridgehead atoms. The molecule has 25 heavy (non-hydrogen) atoms. The van der Waals surface area contributed by atoms with Gasteiger partial charge in [-0.25, -0.2) is 4.98 Å². The summed E-state index contributed by atoms with van der Waals surface area (Å²) in [5.74, 6) is -0.560. The van der Waals surface area contributed by atoms with Crippen molar-refractivity contribution < 1.29 is 18.0 Å². The van der Waals surface area contributed by atoms with Crippen molar-refractivity contribution >= 4 is 28.8 Å². The molecule has 0 unspecified atom stereocenters. The Labute approximate surface area is 146 Å². The number of rotatable bonds is 2. The molecule has 2 aromatic heterocycles. The number of carbonyl (C=O) groups excluding carboxylic acids is 1. The number of hydrogen-bond acceptors (Lipinski definition) is 2. The molecule has 0 spiro atoms. The number of pyridine rings is 1. The minimum atomic E-state index is -4.58. The van der Waals surface area contributed by atoms with Crippen molar-refractivity contribution in [1.82, 2.24) is 9.38 Å². The molecule has 1 amide bonds. The average molecular weight is 368 g/mol. The molecular formula is C17H13ClF3N3O. The number of aromatic nitrogens is 2. The molecule has 1 N–H and O–H groups in total. The largest absolute Gasteiger partial charge is 0.417 e. The summed E-state index contributed by atoms with van der Waals surface area (Å²) in [6.45, 7) is 3.36. The van der Waals surface area contributed by atoms with Crippen molar-refractivity contribution in [3.8, 4) is 0 Å². The normalized spacial score (nSPS) is 11.8. The first kappa shape index (κ1) is 17.3. The zero-order chi connectivity index (χ0) is 18.4. The summed E-state index contributed by atoms with van der Waals surface area (Å²) in [6, 6.07) is 7.89. The fourth-order valence-corrected chi connectivity index (χ4v) is 2.79. The number of alkyl halides is 3. The first-order valence-corrected chi connectivity index (χ1v) is 7.68. The van der Waals surface area contributed by atoms with Crippen LogP contribution < -0.4 is 5.32 Å². The molecule has 3 aromatic rings. The van der Waals surface area contributed by atoms with Gasteiger partial charge in [0.15, 0.2) is 5.65 Å². The number of hydrogen-bond donors (Lipinski definition) is 1. The zero-order valence-electron chi connectivity index (χ0n) is 13.3. The Morgan fingerprint density at radius 3 is 2.56 bits per heavy atom. The zero-order valence-corrected chi connectivity index (χ0v) is 14.0. The molecule has 0 fully saturated rings. The molecule has 0 saturated carbocycles. The van der Waals surface area contributed by atoms with Gasteiger partial charge in [0.05, 0.1) is 16.3 Å². The van der Waals surface area contributed by atoms with Crippen LogP contribution in [0.4, 0.5) is 18.9 Å². The van der Waals surface area contributed by atoms with E-state index in [2.05, 4.69) is 10.3 Å². The quantitative estimate of drug-likeness (QED) is 0.702. The van der Waals surface area contributed by atoms with Crippen LogP contribution in [-0.2, 0) is 6.18 Å². The number of halogens is 4. The SMILES string of the molecule is Cc1ccccc1NC(=O)c1c(C)nc2c(Cl)cc(C(F)(F)F)cn12. The van der Waals surface area contributed by atoms with E-state index in [1.165, 1.54) is 0 Å². The Morgan fingerprint density at radius 1 is 1.24 bits per heavy atom. The van der Waals surface area contributed by atoms with Crippen molar-refractivity contribution in [2.75, 3.05) is 5.32 Å². The third-order valence-corrected chi connectivity index (χ3v) is 4.06. The third-order valence-electron chi connectivity index (χ3n) is 3.79. The highest BCUT2D eigenvalue weighted by Gasteiger charge is 2.33. The van der Waals surface area contributed by atoms with Gasteiger partial charge < -0.3 is 5.32 Å². The van der Waals surface area contributed by atoms with E-state index in [-0.39, 0.29) is 22.1 Å². The minimum Gasteiger partial charge on any atom is -0.320 e. The number of carbonyl (C=O) groups is 1. The molecule has 0 aliphatic heterocycles. The van der Waals surface area contributed by atoms with E-state index >= 15 is 0 Å². The predicted molar refractivity (Wildman–Crippen MR) is 89.1 cm³/mol. The van der Waals surface area contributed by atoms with Crippen molar-refractivity contribution in [2.45, 2.75) is 20.0 Å². The number of aryl methyl sites for hydroxylation is 2. The maximum Gasteiger partial charge on any atom is 0.417 e. The summed E-state index contributed by atoms with van der Waals surface area (Å²) in [5, 5.41) is 2.53. The molecule has 130 valence electrons. The van der Waals surface area contributed by atoms with Crippen LogP contribution in [0.2, 0.25) is 5.02 Å². The summed E-state index contributed by atoms with van der Waals surface area (Å²) >= 11 is 5.93. The second kappa shape index (κ2) is 6.07. The van der Waals surface area contributed by atoms with E-state index in [4.69, 9.17) is 11.6 Å². The number of para-hydroxylation sites is 1. The number of benzene rings is 1. The lowest BCUT2D eigenvalue weighted by Gasteiger charge is -2.11. The molecule has 0 saturated heterocycles. The molecule has 2 heterocycles. The Morgan fingerprint density at radius 2 is 1.92 bits per heavy atom. The van der Waals surface area contributed by atoms with Gasteiger partial charge in [0.25, 0.3) is 5.91 Å². The van der Waals surface area contributed by atoms with Gasteiger partial charge in [-0.3, -0.25) is 9.20 Å². The van der Waals surface area contributed by atoms with E-state index in [1.54, 1.807) is 19.1 Å². The molecule has 1 aromatic carbocycles. The fraction of sp³-hybridized carbons (Fsp3) is 0.176. The van der Waals surface area contributed by atoms with Crippen molar-refractivity contribution in [1.29, 1.82) is 0 Å². The maximum absolute atomic E-state index is 13.0. The van der Waals surface area contributed by atoms with Gasteiger partial charge in [-0.15, -0.1) is 0 Å². The lowest BCUT2D eigenvalue weighted by molar-refractivity contribution is -0.137. The van der Waals surface area contributed by atoms with Gasteiger partial charge in [0, 0.05) is 11.9 Å². The summed E-state index contributed by atoms with van der Waals surface area (Å²) in [4.78, 5) is 16.8. The standard InChI is InChI=1S/C17H13ClF3N3O/c1-9-5-3-4-6-13(9)23-16(25)14-10(2)22-15-12(18)7-11(8-24(14)15)17(19,20)21/h3-8H,1-2H3,(H,23,25). The number of fused-ring (bicyclic) bond motifs is 1. The van der Waals surface area contributed by atoms with E-state index in [0.29, 0.717) is 5.69 Å². The Hall–Kier alpha value is -2.54. The van der Waals surface area contributed by atoms with Crippen LogP contribution in [0.3, 0.4) is 0 Å². The van der Waals surface area contributed by atoms with Crippen LogP contribution in [0.15, 0.2) is 36.5 Å². The highest BCUT2D eigenvalue weighted by molar-refractivity contribution is 6.33. The summed E-state index contributed by atoms with van der Waals surface area (Å²) in [7, 11) is 0. The van der Waals surface area contributed by atoms with Crippen LogP contribution in [0.5, 0.6) is 0 Å². The van der Waals surface area contributed by atoms with Gasteiger partial charge in [0.2, 0.25) is 0 Å². The first-order chi connectivity index (χ1) is 11.7. The monoisotopic (exact) mass is 367 g/mol. The summed E-state index contributed by atoms with van der Waals surface area (Å²) < 4.78 is 40.2. The Bertz CT molecular complexity index is 979. The van der Waals surface area contributed by atoms with Crippen LogP contribution in [0, 0.1) is 13.8 Å². The van der Waals surface area contributed by atoms with Crippen LogP contribution in [-0.4, -0.2) is 15.3 Å². The number of imidazole rings is 1. The van der Waals surface area contributed by atoms with E-state index < -0.39 is 17.6 Å². The van der Waals surface area contributed by atoms with Gasteiger partial charge in [0.1, 0.15) is 5.69 Å². The second-order valence-corrected chi connectivity index (χ2v) is 5.99. The number of nitrogens with one attached hydrogen (secondary N) is 1. The Balaban J connectivity index is 2.12. The van der Waals surface area contributed by atoms with Crippen LogP contribution >= 0.6 is 11.6 Å². The molecule has 3 rings (SSSR count). The number of amides is 1. The lowest BCUT2D eigenvalue weighted by Crippen LogP contribution is -2.17. The maximum atomic E-state index is 13.0. The fourth-order valence-electron chi connectivity index (χ4n) is 2.54. The van der Waals surface area contributed by atoms with E-state index in [9.17, 15) is 18.0 Å². The van der Waals surface area contributed by atoms with Crippen molar-refractivity contribution in [2.24, 2.45) is 0 Å². The highest BCUT2D eigenvalue weighted by atomic mass is 35.5. The van der Waals surface area contributed by atoms with E-state index in [1.807, 2.05) is 19.1 Å². The molecule has 0 radical (unpaired) electrons. The Kier molecular flexibility index (Phi) is 4.20. The average Bonchev–Trinajstić information content (AvgIpc) is 2.85. The first-order valence-electron chi connectivity index (χ1n) is 7.31. The van der Waals surface area contributed by atoms with Crippen LogP contribution in [0.1, 0.15) is 27.3 Å². The molecule has 8 heteroatoms. The predicted octanol–water partition coefficient (Wildman–Crippen LogP) is 4.88. The minimum absolute atomic E-state index is 0.00579. The van der Waals surface area contributed by atoms with Gasteiger partial charge in [-0.2, -0.15) is 13.2 Å². The van der Waals surface area contributed by atoms with Gasteiger partial charge in [-0.05, 0) is 31.5 Å². The highest BCUT2D eigenvalue weighted by Crippen LogP contribution is 2.33. The van der Waals surface area contributed by atoms with Crippen LogP contribution in [0.25, 0.3) is 5.65 Å². The molecule has 0 aliphatic carbocycles. The lowest BCUT2D eigenvalue weighted by atomic mass is 10.2. The molecule has 4 nitrogen and oxygen atoms in total. The molecule has 0 atom stereocenters. The van der Waals surface area contributed by atoms with E-state index in [0.717, 1.165) is 22.2 Å². The van der Waals surface area contributed by atoms with Gasteiger partial charge in [-0.1, -0.05) is 29.8 Å². The molecule has 0 aliphatic rings. The van der Waals surface area contributed by atoms with Crippen molar-refractivity contribution in [3.63, 3.8) is 0 Å².